The van der Waals surface area contributed by atoms with Crippen LogP contribution in [0.25, 0.3) is 0 Å². The Kier molecular flexibility index (Phi) is 27.0. The molecule has 20 nitrogen and oxygen atoms in total. The van der Waals surface area contributed by atoms with Crippen LogP contribution in [0.2, 0.25) is 0 Å². The normalized spacial score (nSPS) is 20.4. The number of hydrogen-bond donors (Lipinski definition) is 7. The van der Waals surface area contributed by atoms with Crippen molar-refractivity contribution in [3.8, 4) is 11.5 Å². The van der Waals surface area contributed by atoms with Crippen molar-refractivity contribution in [2.75, 3.05) is 25.0 Å². The molecule has 1 fully saturated rings. The van der Waals surface area contributed by atoms with Gasteiger partial charge in [0.1, 0.15) is 34.3 Å². The number of ether oxygens (including phenoxy) is 3. The molecule has 2 aromatic carbocycles. The van der Waals surface area contributed by atoms with Crippen molar-refractivity contribution < 1.29 is 56.2 Å². The number of benzene rings is 2. The Hall–Kier alpha value is -4.87. The van der Waals surface area contributed by atoms with Crippen LogP contribution in [0.3, 0.4) is 0 Å². The summed E-state index contributed by atoms with van der Waals surface area (Å²) in [5.74, 6) is 1.85. The lowest BCUT2D eigenvalue weighted by molar-refractivity contribution is -0.156. The number of ketones is 1. The third-order valence-corrected chi connectivity index (χ3v) is 14.8. The zero-order chi connectivity index (χ0) is 57.3. The van der Waals surface area contributed by atoms with E-state index in [1.165, 1.54) is 0 Å². The highest BCUT2D eigenvalue weighted by atomic mass is 79.9. The standard InChI is InChI=1S/C49H76N8O11S.C4H6BrClO.CH4/c1-28-29(2)43(30(3)35-26-49(10,11)67-41(28)35)69(63,64)57-46(51)53-22-14-16-36-45(62)54-27-39(59)55-37(25-40(60)66-48(7,8)9)38(58)24-32(23-31-17-19-33(20-18-31)65-47(4,5)6)42(68-52)34(44(61)56-36)15-12-13-21-50;5-3-1-2-4(6)7;/h17-20,32,34,36-37,42H,12-16,21-27,50,52H2,1-11H3,(H,54,62)(H,55,59)(H,56,61)(H3,51,53,57);1-3H2;1H4/t32-,34+,36?,37?,42?;;/m0../s1. The average Bonchev–Trinajstić information content (AvgIpc) is 3.64. The number of hydrogen-bond acceptors (Lipinski definition) is 15. The Labute approximate surface area is 469 Å². The number of nitrogens with zero attached hydrogens (tertiary/aromatic N) is 1. The number of esters is 1. The first-order chi connectivity index (χ1) is 35.3. The maximum atomic E-state index is 14.6. The largest absolute Gasteiger partial charge is 0.488 e. The molecule has 4 rings (SSSR count). The zero-order valence-corrected chi connectivity index (χ0v) is 49.2. The average molecular weight is 1190 g/mol. The second-order valence-electron chi connectivity index (χ2n) is 21.9. The minimum Gasteiger partial charge on any atom is -0.488 e. The second-order valence-corrected chi connectivity index (χ2v) is 24.7. The number of nitrogens with one attached hydrogen (secondary N) is 4. The number of alkyl halides is 1. The molecule has 1 saturated heterocycles. The number of nitrogens with two attached hydrogens (primary N) is 3. The Balaban J connectivity index is 0.00000236. The summed E-state index contributed by atoms with van der Waals surface area (Å²) in [4.78, 5) is 89.3. The van der Waals surface area contributed by atoms with Crippen molar-refractivity contribution in [1.82, 2.24) is 20.7 Å². The molecule has 23 heteroatoms. The molecule has 77 heavy (non-hydrogen) atoms. The molecule has 2 heterocycles. The summed E-state index contributed by atoms with van der Waals surface area (Å²) in [6.07, 6.45) is 1.50. The van der Waals surface area contributed by atoms with E-state index in [0.29, 0.717) is 60.4 Å². The van der Waals surface area contributed by atoms with Crippen LogP contribution >= 0.6 is 27.5 Å². The second kappa shape index (κ2) is 30.5. The lowest BCUT2D eigenvalue weighted by atomic mass is 9.79. The number of carbonyl (C=O) groups is 6. The van der Waals surface area contributed by atoms with E-state index in [0.717, 1.165) is 22.9 Å². The van der Waals surface area contributed by atoms with Gasteiger partial charge in [-0.15, -0.1) is 0 Å². The number of sulfonamides is 1. The van der Waals surface area contributed by atoms with Crippen LogP contribution in [0.1, 0.15) is 148 Å². The van der Waals surface area contributed by atoms with E-state index in [1.807, 2.05) is 53.7 Å². The van der Waals surface area contributed by atoms with Gasteiger partial charge in [0.25, 0.3) is 10.0 Å². The fourth-order valence-electron chi connectivity index (χ4n) is 8.99. The summed E-state index contributed by atoms with van der Waals surface area (Å²) in [6, 6.07) is 4.67. The van der Waals surface area contributed by atoms with Gasteiger partial charge in [0.05, 0.1) is 35.9 Å². The van der Waals surface area contributed by atoms with Gasteiger partial charge in [-0.25, -0.2) is 19.0 Å². The highest BCUT2D eigenvalue weighted by molar-refractivity contribution is 9.09. The Morgan fingerprint density at radius 3 is 2.12 bits per heavy atom. The maximum Gasteiger partial charge on any atom is 0.308 e. The van der Waals surface area contributed by atoms with Crippen molar-refractivity contribution in [2.45, 2.75) is 194 Å². The summed E-state index contributed by atoms with van der Waals surface area (Å²) in [6.45, 7) is 19.6. The van der Waals surface area contributed by atoms with Crippen LogP contribution in [0.15, 0.2) is 34.2 Å². The lowest BCUT2D eigenvalue weighted by Gasteiger charge is -2.33. The Bertz CT molecular complexity index is 2500. The van der Waals surface area contributed by atoms with Crippen molar-refractivity contribution in [3.05, 3.63) is 52.1 Å². The van der Waals surface area contributed by atoms with Crippen LogP contribution in [0, 0.1) is 32.6 Å². The molecule has 0 saturated carbocycles. The van der Waals surface area contributed by atoms with E-state index in [4.69, 9.17) is 48.0 Å². The van der Waals surface area contributed by atoms with Gasteiger partial charge in [-0.2, -0.15) is 0 Å². The minimum atomic E-state index is -4.19. The number of carbonyl (C=O) groups excluding carboxylic acids is 6. The molecule has 10 N–H and O–H groups in total. The van der Waals surface area contributed by atoms with Gasteiger partial charge < -0.3 is 46.5 Å². The van der Waals surface area contributed by atoms with E-state index in [9.17, 15) is 37.2 Å². The number of rotatable bonds is 19. The predicted octanol–water partition coefficient (Wildman–Crippen LogP) is 6.09. The summed E-state index contributed by atoms with van der Waals surface area (Å²) in [5, 5.41) is 8.59. The van der Waals surface area contributed by atoms with Crippen molar-refractivity contribution in [1.29, 1.82) is 0 Å². The number of unbranched alkanes of at least 4 members (excludes halogenated alkanes) is 1. The van der Waals surface area contributed by atoms with Gasteiger partial charge in [0.2, 0.25) is 28.9 Å². The number of Topliss-reactive ketones (excluding diaryl/α,β-unsaturated/α-hetero) is 1. The smallest absolute Gasteiger partial charge is 0.308 e. The molecule has 5 atom stereocenters. The molecule has 3 unspecified atom stereocenters. The number of halogens is 2. The monoisotopic (exact) mass is 1180 g/mol. The molecule has 2 aromatic rings. The first kappa shape index (κ1) is 68.2. The molecule has 2 aliphatic heterocycles. The van der Waals surface area contributed by atoms with E-state index < -0.39 is 99.3 Å². The van der Waals surface area contributed by atoms with Gasteiger partial charge >= 0.3 is 5.97 Å². The van der Waals surface area contributed by atoms with Crippen LogP contribution < -0.4 is 47.5 Å². The van der Waals surface area contributed by atoms with Gasteiger partial charge in [-0.3, -0.25) is 33.8 Å². The van der Waals surface area contributed by atoms with Crippen LogP contribution in [-0.2, 0) is 61.2 Å². The molecule has 0 spiro atoms. The molecule has 0 aromatic heterocycles. The van der Waals surface area contributed by atoms with Gasteiger partial charge in [0.15, 0.2) is 5.78 Å². The SMILES string of the molecule is C.Cc1c(C)c(S(=O)(=O)NC(N)=NCCCC2NC(=O)[C@H](CCCCN)C(ON)[C@@H](Cc3ccc(OC(C)(C)C)cc3)CC(=O)C(CC(=O)OC(C)(C)C)NC(=O)CNC2=O)c(C)c2c1OC(C)(C)C2.O=C(Cl)CCCBr. The Morgan fingerprint density at radius 1 is 0.909 bits per heavy atom. The first-order valence-corrected chi connectivity index (χ1v) is 28.6. The molecular weight excluding hydrogens is 1100 g/mol. The minimum absolute atomic E-state index is 0. The molecular formula is C54H86BrClN8O12S. The third kappa shape index (κ3) is 22.4. The summed E-state index contributed by atoms with van der Waals surface area (Å²) in [5.41, 5.74) is 13.5. The lowest BCUT2D eigenvalue weighted by Crippen LogP contribution is -2.55. The summed E-state index contributed by atoms with van der Waals surface area (Å²) >= 11 is 8.16. The number of amides is 3. The molecule has 0 bridgehead atoms. The summed E-state index contributed by atoms with van der Waals surface area (Å²) < 4.78 is 47.7. The van der Waals surface area contributed by atoms with E-state index in [1.54, 1.807) is 46.8 Å². The highest BCUT2D eigenvalue weighted by Gasteiger charge is 2.40. The van der Waals surface area contributed by atoms with Crippen molar-refractivity contribution >= 4 is 78.2 Å². The highest BCUT2D eigenvalue weighted by Crippen LogP contribution is 2.44. The third-order valence-electron chi connectivity index (χ3n) is 12.4. The number of guanidine groups is 1. The van der Waals surface area contributed by atoms with Crippen LogP contribution in [0.4, 0.5) is 0 Å². The fraction of sp³-hybridized carbons (Fsp3) is 0.648. The number of aliphatic imine (C=N–C) groups is 1. The molecule has 434 valence electrons. The molecule has 2 aliphatic rings. The maximum absolute atomic E-state index is 14.6. The fourth-order valence-corrected chi connectivity index (χ4v) is 10.9. The van der Waals surface area contributed by atoms with Gasteiger partial charge in [-0.1, -0.05) is 41.9 Å². The van der Waals surface area contributed by atoms with E-state index in [-0.39, 0.29) is 62.2 Å². The molecule has 0 radical (unpaired) electrons. The van der Waals surface area contributed by atoms with E-state index in [2.05, 4.69) is 41.6 Å². The topological polar surface area (TPSA) is 312 Å². The van der Waals surface area contributed by atoms with Crippen LogP contribution in [0.5, 0.6) is 11.5 Å². The van der Waals surface area contributed by atoms with Gasteiger partial charge in [0, 0.05) is 36.7 Å². The van der Waals surface area contributed by atoms with E-state index >= 15 is 0 Å². The van der Waals surface area contributed by atoms with Gasteiger partial charge in [-0.05, 0) is 173 Å². The summed E-state index contributed by atoms with van der Waals surface area (Å²) in [7, 11) is -4.19. The zero-order valence-electron chi connectivity index (χ0n) is 46.0. The van der Waals surface area contributed by atoms with Crippen molar-refractivity contribution in [2.24, 2.45) is 34.2 Å². The first-order valence-electron chi connectivity index (χ1n) is 25.7. The molecule has 3 amide bonds. The predicted molar refractivity (Wildman–Crippen MR) is 302 cm³/mol. The quantitative estimate of drug-likeness (QED) is 0.0159. The van der Waals surface area contributed by atoms with Crippen molar-refractivity contribution in [3.63, 3.8) is 0 Å². The molecule has 0 aliphatic carbocycles. The van der Waals surface area contributed by atoms with Crippen LogP contribution in [-0.4, -0.2) is 109 Å². The number of fused-ring (bicyclic) bond motifs is 1. The Morgan fingerprint density at radius 2 is 1.56 bits per heavy atom.